The summed E-state index contributed by atoms with van der Waals surface area (Å²) in [5, 5.41) is 6.48. The Balaban J connectivity index is 1.51. The van der Waals surface area contributed by atoms with E-state index in [2.05, 4.69) is 30.6 Å². The Morgan fingerprint density at radius 3 is 2.69 bits per heavy atom. The van der Waals surface area contributed by atoms with Gasteiger partial charge in [0.05, 0.1) is 6.33 Å². The maximum absolute atomic E-state index is 5.42. The van der Waals surface area contributed by atoms with Crippen LogP contribution >= 0.6 is 0 Å². The van der Waals surface area contributed by atoms with Gasteiger partial charge in [0, 0.05) is 17.4 Å². The summed E-state index contributed by atoms with van der Waals surface area (Å²) in [4.78, 5) is 16.3. The van der Waals surface area contributed by atoms with Gasteiger partial charge in [-0.15, -0.1) is 0 Å². The van der Waals surface area contributed by atoms with E-state index in [1.165, 1.54) is 0 Å². The second-order valence-electron chi connectivity index (χ2n) is 5.68. The first-order valence-electron chi connectivity index (χ1n) is 8.05. The number of ether oxygens (including phenoxy) is 2. The van der Waals surface area contributed by atoms with Gasteiger partial charge >= 0.3 is 0 Å². The van der Waals surface area contributed by atoms with Crippen LogP contribution in [-0.2, 0) is 0 Å². The van der Waals surface area contributed by atoms with Gasteiger partial charge in [0.1, 0.15) is 5.52 Å². The zero-order chi connectivity index (χ0) is 17.3. The smallest absolute Gasteiger partial charge is 0.231 e. The van der Waals surface area contributed by atoms with Crippen LogP contribution < -0.4 is 20.1 Å². The molecule has 0 fully saturated rings. The minimum absolute atomic E-state index is 0.238. The van der Waals surface area contributed by atoms with Gasteiger partial charge in [-0.3, -0.25) is 0 Å². The van der Waals surface area contributed by atoms with Crippen LogP contribution in [0.5, 0.6) is 11.5 Å². The SMILES string of the molecule is c1ccc(Nc2nc(Nc3ccc4c(c3)OCO4)c3[nH]cnc3n2)cc1. The van der Waals surface area contributed by atoms with Gasteiger partial charge in [0.2, 0.25) is 12.7 Å². The maximum atomic E-state index is 5.42. The molecule has 0 aliphatic carbocycles. The van der Waals surface area contributed by atoms with Crippen molar-refractivity contribution in [3.8, 4) is 11.5 Å². The van der Waals surface area contributed by atoms with Gasteiger partial charge in [0.25, 0.3) is 0 Å². The van der Waals surface area contributed by atoms with Gasteiger partial charge < -0.3 is 25.1 Å². The monoisotopic (exact) mass is 346 g/mol. The number of nitrogens with zero attached hydrogens (tertiary/aromatic N) is 3. The van der Waals surface area contributed by atoms with Crippen molar-refractivity contribution in [1.29, 1.82) is 0 Å². The quantitative estimate of drug-likeness (QED) is 0.520. The normalized spacial score (nSPS) is 12.3. The Morgan fingerprint density at radius 2 is 1.77 bits per heavy atom. The first-order chi connectivity index (χ1) is 12.8. The number of aromatic amines is 1. The van der Waals surface area contributed by atoms with Crippen molar-refractivity contribution in [3.63, 3.8) is 0 Å². The lowest BCUT2D eigenvalue weighted by molar-refractivity contribution is 0.174. The fourth-order valence-electron chi connectivity index (χ4n) is 2.74. The number of H-pyrrole nitrogens is 1. The molecule has 0 unspecified atom stereocenters. The number of benzene rings is 2. The summed E-state index contributed by atoms with van der Waals surface area (Å²) in [6.07, 6.45) is 1.59. The van der Waals surface area contributed by atoms with E-state index >= 15 is 0 Å². The molecule has 0 saturated carbocycles. The van der Waals surface area contributed by atoms with E-state index in [1.807, 2.05) is 48.5 Å². The molecule has 1 aliphatic heterocycles. The summed E-state index contributed by atoms with van der Waals surface area (Å²) in [6, 6.07) is 15.4. The van der Waals surface area contributed by atoms with E-state index in [0.29, 0.717) is 23.2 Å². The molecule has 0 atom stereocenters. The van der Waals surface area contributed by atoms with Crippen molar-refractivity contribution >= 4 is 34.3 Å². The predicted octanol–water partition coefficient (Wildman–Crippen LogP) is 3.57. The third-order valence-electron chi connectivity index (χ3n) is 3.95. The van der Waals surface area contributed by atoms with Crippen LogP contribution in [0.15, 0.2) is 54.9 Å². The van der Waals surface area contributed by atoms with Crippen molar-refractivity contribution < 1.29 is 9.47 Å². The van der Waals surface area contributed by atoms with Crippen molar-refractivity contribution in [2.45, 2.75) is 0 Å². The molecule has 2 aromatic carbocycles. The van der Waals surface area contributed by atoms with Gasteiger partial charge in [-0.05, 0) is 24.3 Å². The lowest BCUT2D eigenvalue weighted by atomic mass is 10.2. The molecule has 3 N–H and O–H groups in total. The number of hydrogen-bond acceptors (Lipinski definition) is 7. The molecular formula is C18H14N6O2. The van der Waals surface area contributed by atoms with E-state index in [4.69, 9.17) is 9.47 Å². The topological polar surface area (TPSA) is 97.0 Å². The van der Waals surface area contributed by atoms with Crippen molar-refractivity contribution in [3.05, 3.63) is 54.9 Å². The van der Waals surface area contributed by atoms with E-state index in [0.717, 1.165) is 22.6 Å². The van der Waals surface area contributed by atoms with Crippen LogP contribution in [0.1, 0.15) is 0 Å². The van der Waals surface area contributed by atoms with Gasteiger partial charge in [0.15, 0.2) is 23.0 Å². The Bertz CT molecular complexity index is 1080. The van der Waals surface area contributed by atoms with Crippen LogP contribution in [0.25, 0.3) is 11.2 Å². The molecule has 0 saturated heterocycles. The van der Waals surface area contributed by atoms with Gasteiger partial charge in [-0.2, -0.15) is 9.97 Å². The van der Waals surface area contributed by atoms with Crippen molar-refractivity contribution in [1.82, 2.24) is 19.9 Å². The number of para-hydroxylation sites is 1. The number of aromatic nitrogens is 4. The molecule has 0 spiro atoms. The number of imidazole rings is 1. The Kier molecular flexibility index (Phi) is 3.31. The molecule has 1 aliphatic rings. The largest absolute Gasteiger partial charge is 0.454 e. The molecule has 0 amide bonds. The predicted molar refractivity (Wildman–Crippen MR) is 97.3 cm³/mol. The van der Waals surface area contributed by atoms with Crippen LogP contribution in [0, 0.1) is 0 Å². The van der Waals surface area contributed by atoms with E-state index in [9.17, 15) is 0 Å². The van der Waals surface area contributed by atoms with E-state index in [1.54, 1.807) is 6.33 Å². The number of fused-ring (bicyclic) bond motifs is 2. The average Bonchev–Trinajstić information content (AvgIpc) is 3.31. The summed E-state index contributed by atoms with van der Waals surface area (Å²) in [7, 11) is 0. The second kappa shape index (κ2) is 5.92. The highest BCUT2D eigenvalue weighted by Gasteiger charge is 2.15. The maximum Gasteiger partial charge on any atom is 0.231 e. The molecular weight excluding hydrogens is 332 g/mol. The molecule has 5 rings (SSSR count). The molecule has 0 radical (unpaired) electrons. The standard InChI is InChI=1S/C18H14N6O2/c1-2-4-11(5-3-1)22-18-23-16-15(19-9-20-16)17(24-18)21-12-6-7-13-14(8-12)26-10-25-13/h1-9H,10H2,(H3,19,20,21,22,23,24). The molecule has 0 bridgehead atoms. The Labute approximate surface area is 148 Å². The molecule has 128 valence electrons. The molecule has 4 aromatic rings. The number of anilines is 4. The number of rotatable bonds is 4. The summed E-state index contributed by atoms with van der Waals surface area (Å²) in [5.41, 5.74) is 3.02. The van der Waals surface area contributed by atoms with Gasteiger partial charge in [-0.1, -0.05) is 18.2 Å². The molecule has 26 heavy (non-hydrogen) atoms. The molecule has 8 heteroatoms. The van der Waals surface area contributed by atoms with E-state index in [-0.39, 0.29) is 6.79 Å². The summed E-state index contributed by atoms with van der Waals surface area (Å²) in [6.45, 7) is 0.238. The van der Waals surface area contributed by atoms with Gasteiger partial charge in [-0.25, -0.2) is 4.98 Å². The molecule has 8 nitrogen and oxygen atoms in total. The first-order valence-corrected chi connectivity index (χ1v) is 8.05. The number of hydrogen-bond donors (Lipinski definition) is 3. The number of nitrogens with one attached hydrogen (secondary N) is 3. The Hall–Kier alpha value is -3.81. The molecule has 2 aromatic heterocycles. The zero-order valence-corrected chi connectivity index (χ0v) is 13.6. The van der Waals surface area contributed by atoms with Crippen LogP contribution in [-0.4, -0.2) is 26.7 Å². The summed E-state index contributed by atoms with van der Waals surface area (Å²) in [5.74, 6) is 2.51. The summed E-state index contributed by atoms with van der Waals surface area (Å²) >= 11 is 0. The summed E-state index contributed by atoms with van der Waals surface area (Å²) < 4.78 is 10.8. The Morgan fingerprint density at radius 1 is 0.885 bits per heavy atom. The zero-order valence-electron chi connectivity index (χ0n) is 13.6. The van der Waals surface area contributed by atoms with Crippen LogP contribution in [0.2, 0.25) is 0 Å². The molecule has 3 heterocycles. The lowest BCUT2D eigenvalue weighted by Gasteiger charge is -2.10. The average molecular weight is 346 g/mol. The minimum atomic E-state index is 0.238. The van der Waals surface area contributed by atoms with Crippen LogP contribution in [0.4, 0.5) is 23.1 Å². The highest BCUT2D eigenvalue weighted by Crippen LogP contribution is 2.35. The fraction of sp³-hybridized carbons (Fsp3) is 0.0556. The first kappa shape index (κ1) is 14.5. The van der Waals surface area contributed by atoms with Crippen molar-refractivity contribution in [2.24, 2.45) is 0 Å². The van der Waals surface area contributed by atoms with E-state index < -0.39 is 0 Å². The third kappa shape index (κ3) is 2.63. The van der Waals surface area contributed by atoms with Crippen molar-refractivity contribution in [2.75, 3.05) is 17.4 Å². The second-order valence-corrected chi connectivity index (χ2v) is 5.68. The highest BCUT2D eigenvalue weighted by molar-refractivity contribution is 5.86. The highest BCUT2D eigenvalue weighted by atomic mass is 16.7. The lowest BCUT2D eigenvalue weighted by Crippen LogP contribution is -2.02. The van der Waals surface area contributed by atoms with Crippen LogP contribution in [0.3, 0.4) is 0 Å². The third-order valence-corrected chi connectivity index (χ3v) is 3.95. The fourth-order valence-corrected chi connectivity index (χ4v) is 2.74. The minimum Gasteiger partial charge on any atom is -0.454 e.